The molecule has 0 radical (unpaired) electrons. The summed E-state index contributed by atoms with van der Waals surface area (Å²) in [7, 11) is 1.46. The van der Waals surface area contributed by atoms with Crippen molar-refractivity contribution < 1.29 is 19.1 Å². The van der Waals surface area contributed by atoms with Crippen LogP contribution in [-0.4, -0.2) is 31.4 Å². The van der Waals surface area contributed by atoms with Crippen LogP contribution in [0.15, 0.2) is 18.2 Å². The van der Waals surface area contributed by atoms with Crippen molar-refractivity contribution in [2.24, 2.45) is 5.73 Å². The van der Waals surface area contributed by atoms with E-state index in [2.05, 4.69) is 5.32 Å². The molecule has 0 unspecified atom stereocenters. The van der Waals surface area contributed by atoms with Crippen molar-refractivity contribution >= 4 is 29.1 Å². The quantitative estimate of drug-likeness (QED) is 0.747. The summed E-state index contributed by atoms with van der Waals surface area (Å²) in [5.41, 5.74) is 5.47. The van der Waals surface area contributed by atoms with E-state index in [4.69, 9.17) is 26.8 Å². The monoisotopic (exact) mass is 272 g/mol. The van der Waals surface area contributed by atoms with Crippen LogP contribution in [-0.2, 0) is 9.59 Å². The van der Waals surface area contributed by atoms with Crippen LogP contribution in [0.25, 0.3) is 0 Å². The van der Waals surface area contributed by atoms with Crippen LogP contribution in [0, 0.1) is 0 Å². The summed E-state index contributed by atoms with van der Waals surface area (Å²) in [4.78, 5) is 21.8. The summed E-state index contributed by atoms with van der Waals surface area (Å²) in [5, 5.41) is 2.55. The molecule has 1 aromatic carbocycles. The Morgan fingerprint density at radius 2 is 2.11 bits per heavy atom. The highest BCUT2D eigenvalue weighted by Crippen LogP contribution is 2.30. The second-order valence-corrected chi connectivity index (χ2v) is 3.57. The molecule has 3 N–H and O–H groups in total. The topological polar surface area (TPSA) is 90.7 Å². The van der Waals surface area contributed by atoms with E-state index in [0.717, 1.165) is 0 Å². The van der Waals surface area contributed by atoms with Crippen LogP contribution in [0.1, 0.15) is 0 Å². The third-order valence-electron chi connectivity index (χ3n) is 1.94. The number of amides is 2. The van der Waals surface area contributed by atoms with Gasteiger partial charge in [-0.1, -0.05) is 0 Å². The molecular weight excluding hydrogens is 260 g/mol. The Hall–Kier alpha value is -1.95. The van der Waals surface area contributed by atoms with E-state index in [1.54, 1.807) is 12.1 Å². The average Bonchev–Trinajstić information content (AvgIpc) is 2.36. The third-order valence-corrected chi connectivity index (χ3v) is 2.18. The van der Waals surface area contributed by atoms with Gasteiger partial charge in [0, 0.05) is 11.8 Å². The van der Waals surface area contributed by atoms with Crippen LogP contribution < -0.4 is 20.5 Å². The Morgan fingerprint density at radius 3 is 2.67 bits per heavy atom. The molecule has 1 aromatic rings. The molecular formula is C11H13ClN2O4. The Kier molecular flexibility index (Phi) is 5.26. The van der Waals surface area contributed by atoms with E-state index >= 15 is 0 Å². The number of alkyl halides is 1. The third kappa shape index (κ3) is 4.14. The van der Waals surface area contributed by atoms with Gasteiger partial charge in [0.05, 0.1) is 7.11 Å². The first-order valence-electron chi connectivity index (χ1n) is 5.01. The second kappa shape index (κ2) is 6.70. The van der Waals surface area contributed by atoms with E-state index in [1.165, 1.54) is 13.2 Å². The maximum atomic E-state index is 11.1. The standard InChI is InChI=1S/C11H13ClN2O4/c1-17-8-3-2-7(14-11(16)5-12)4-9(8)18-6-10(13)15/h2-4H,5-6H2,1H3,(H2,13,15)(H,14,16). The minimum Gasteiger partial charge on any atom is -0.493 e. The lowest BCUT2D eigenvalue weighted by atomic mass is 10.2. The van der Waals surface area contributed by atoms with E-state index in [1.807, 2.05) is 0 Å². The zero-order valence-electron chi connectivity index (χ0n) is 9.73. The largest absolute Gasteiger partial charge is 0.493 e. The SMILES string of the molecule is COc1ccc(NC(=O)CCl)cc1OCC(N)=O. The lowest BCUT2D eigenvalue weighted by molar-refractivity contribution is -0.120. The Balaban J connectivity index is 2.86. The van der Waals surface area contributed by atoms with Crippen molar-refractivity contribution in [2.75, 3.05) is 24.9 Å². The summed E-state index contributed by atoms with van der Waals surface area (Å²) in [6.45, 7) is -0.275. The Labute approximate surface area is 109 Å². The first-order chi connectivity index (χ1) is 8.56. The van der Waals surface area contributed by atoms with Gasteiger partial charge in [-0.2, -0.15) is 0 Å². The molecule has 0 spiro atoms. The molecule has 2 amide bonds. The molecule has 0 fully saturated rings. The molecule has 0 atom stereocenters. The first-order valence-corrected chi connectivity index (χ1v) is 5.55. The number of rotatable bonds is 6. The van der Waals surface area contributed by atoms with Crippen molar-refractivity contribution in [1.29, 1.82) is 0 Å². The molecule has 1 rings (SSSR count). The molecule has 0 saturated carbocycles. The van der Waals surface area contributed by atoms with Crippen LogP contribution in [0.3, 0.4) is 0 Å². The molecule has 7 heteroatoms. The number of methoxy groups -OCH3 is 1. The highest BCUT2D eigenvalue weighted by atomic mass is 35.5. The molecule has 18 heavy (non-hydrogen) atoms. The molecule has 0 aliphatic rings. The number of nitrogens with two attached hydrogens (primary N) is 1. The number of nitrogens with one attached hydrogen (secondary N) is 1. The van der Waals surface area contributed by atoms with Crippen LogP contribution in [0.5, 0.6) is 11.5 Å². The van der Waals surface area contributed by atoms with Gasteiger partial charge in [0.25, 0.3) is 5.91 Å². The van der Waals surface area contributed by atoms with Gasteiger partial charge in [0.15, 0.2) is 18.1 Å². The zero-order chi connectivity index (χ0) is 13.5. The van der Waals surface area contributed by atoms with E-state index in [0.29, 0.717) is 17.2 Å². The van der Waals surface area contributed by atoms with E-state index in [9.17, 15) is 9.59 Å². The molecule has 0 aliphatic heterocycles. The number of carbonyl (C=O) groups excluding carboxylic acids is 2. The van der Waals surface area contributed by atoms with Crippen molar-refractivity contribution in [1.82, 2.24) is 0 Å². The summed E-state index contributed by atoms with van der Waals surface area (Å²) in [6.07, 6.45) is 0. The molecule has 0 aliphatic carbocycles. The normalized spacial score (nSPS) is 9.67. The minimum absolute atomic E-state index is 0.149. The van der Waals surface area contributed by atoms with E-state index < -0.39 is 5.91 Å². The molecule has 6 nitrogen and oxygen atoms in total. The predicted octanol–water partition coefficient (Wildman–Crippen LogP) is 0.737. The lowest BCUT2D eigenvalue weighted by Crippen LogP contribution is -2.20. The first kappa shape index (κ1) is 14.1. The number of primary amides is 1. The van der Waals surface area contributed by atoms with Gasteiger partial charge in [-0.15, -0.1) is 11.6 Å². The van der Waals surface area contributed by atoms with Crippen LogP contribution >= 0.6 is 11.6 Å². The van der Waals surface area contributed by atoms with Gasteiger partial charge in [0.1, 0.15) is 5.88 Å². The zero-order valence-corrected chi connectivity index (χ0v) is 10.5. The van der Waals surface area contributed by atoms with Gasteiger partial charge in [-0.3, -0.25) is 9.59 Å². The van der Waals surface area contributed by atoms with Gasteiger partial charge < -0.3 is 20.5 Å². The summed E-state index contributed by atoms with van der Waals surface area (Å²) in [5.74, 6) is -0.359. The van der Waals surface area contributed by atoms with Gasteiger partial charge in [0.2, 0.25) is 5.91 Å². The van der Waals surface area contributed by atoms with Gasteiger partial charge in [-0.25, -0.2) is 0 Å². The van der Waals surface area contributed by atoms with Crippen molar-refractivity contribution in [3.8, 4) is 11.5 Å². The smallest absolute Gasteiger partial charge is 0.255 e. The van der Waals surface area contributed by atoms with Crippen molar-refractivity contribution in [3.05, 3.63) is 18.2 Å². The predicted molar refractivity (Wildman–Crippen MR) is 67.0 cm³/mol. The number of ether oxygens (including phenoxy) is 2. The van der Waals surface area contributed by atoms with Crippen LogP contribution in [0.4, 0.5) is 5.69 Å². The fraction of sp³-hybridized carbons (Fsp3) is 0.273. The van der Waals surface area contributed by atoms with E-state index in [-0.39, 0.29) is 18.4 Å². The highest BCUT2D eigenvalue weighted by molar-refractivity contribution is 6.29. The number of halogens is 1. The number of carbonyl (C=O) groups is 2. The molecule has 0 aromatic heterocycles. The summed E-state index contributed by atoms with van der Waals surface area (Å²) in [6, 6.07) is 4.74. The average molecular weight is 273 g/mol. The van der Waals surface area contributed by atoms with Gasteiger partial charge >= 0.3 is 0 Å². The molecule has 98 valence electrons. The number of hydrogen-bond acceptors (Lipinski definition) is 4. The van der Waals surface area contributed by atoms with Gasteiger partial charge in [-0.05, 0) is 12.1 Å². The molecule has 0 bridgehead atoms. The minimum atomic E-state index is -0.604. The van der Waals surface area contributed by atoms with Crippen molar-refractivity contribution in [2.45, 2.75) is 0 Å². The lowest BCUT2D eigenvalue weighted by Gasteiger charge is -2.11. The maximum absolute atomic E-state index is 11.1. The summed E-state index contributed by atoms with van der Waals surface area (Å²) >= 11 is 5.37. The Bertz CT molecular complexity index is 451. The fourth-order valence-electron chi connectivity index (χ4n) is 1.21. The second-order valence-electron chi connectivity index (χ2n) is 3.30. The Morgan fingerprint density at radius 1 is 1.39 bits per heavy atom. The van der Waals surface area contributed by atoms with Crippen LogP contribution in [0.2, 0.25) is 0 Å². The summed E-state index contributed by atoms with van der Waals surface area (Å²) < 4.78 is 10.2. The number of hydrogen-bond donors (Lipinski definition) is 2. The number of benzene rings is 1. The molecule has 0 heterocycles. The highest BCUT2D eigenvalue weighted by Gasteiger charge is 2.08. The fourth-order valence-corrected chi connectivity index (χ4v) is 1.28. The maximum Gasteiger partial charge on any atom is 0.255 e. The van der Waals surface area contributed by atoms with Crippen molar-refractivity contribution in [3.63, 3.8) is 0 Å². The number of anilines is 1. The molecule has 0 saturated heterocycles.